The Morgan fingerprint density at radius 3 is 2.86 bits per heavy atom. The molecular formula is C16H22N2O3. The van der Waals surface area contributed by atoms with Gasteiger partial charge < -0.3 is 15.0 Å². The van der Waals surface area contributed by atoms with E-state index in [4.69, 9.17) is 4.74 Å². The maximum Gasteiger partial charge on any atom is 0.252 e. The Morgan fingerprint density at radius 2 is 2.14 bits per heavy atom. The molecule has 2 rings (SSSR count). The number of likely N-dealkylation sites (N-methyl/N-ethyl adjacent to an activating group) is 1. The molecule has 1 aliphatic heterocycles. The molecule has 21 heavy (non-hydrogen) atoms. The minimum Gasteiger partial charge on any atom is -0.366 e. The van der Waals surface area contributed by atoms with Gasteiger partial charge in [-0.3, -0.25) is 9.59 Å². The van der Waals surface area contributed by atoms with Crippen molar-refractivity contribution in [2.75, 3.05) is 25.0 Å². The van der Waals surface area contributed by atoms with Crippen molar-refractivity contribution in [1.29, 1.82) is 0 Å². The van der Waals surface area contributed by atoms with Crippen molar-refractivity contribution in [3.63, 3.8) is 0 Å². The molecule has 0 radical (unpaired) electrons. The predicted octanol–water partition coefficient (Wildman–Crippen LogP) is 1.82. The minimum atomic E-state index is -0.660. The second-order valence-corrected chi connectivity index (χ2v) is 5.04. The maximum atomic E-state index is 12.1. The predicted molar refractivity (Wildman–Crippen MR) is 81.1 cm³/mol. The zero-order valence-electron chi connectivity index (χ0n) is 12.6. The van der Waals surface area contributed by atoms with Gasteiger partial charge in [0.1, 0.15) is 6.10 Å². The lowest BCUT2D eigenvalue weighted by Crippen LogP contribution is -2.48. The molecule has 1 atom stereocenters. The molecule has 0 spiro atoms. The summed E-state index contributed by atoms with van der Waals surface area (Å²) in [6.45, 7) is 5.71. The fourth-order valence-corrected chi connectivity index (χ4v) is 2.47. The largest absolute Gasteiger partial charge is 0.366 e. The van der Waals surface area contributed by atoms with Crippen LogP contribution in [0.3, 0.4) is 0 Å². The van der Waals surface area contributed by atoms with Crippen molar-refractivity contribution in [3.8, 4) is 0 Å². The molecule has 0 aromatic heterocycles. The van der Waals surface area contributed by atoms with Gasteiger partial charge in [-0.1, -0.05) is 25.1 Å². The number of amides is 2. The smallest absolute Gasteiger partial charge is 0.252 e. The number of benzene rings is 1. The van der Waals surface area contributed by atoms with Gasteiger partial charge in [-0.05, 0) is 25.0 Å². The fraction of sp³-hybridized carbons (Fsp3) is 0.500. The van der Waals surface area contributed by atoms with Gasteiger partial charge in [0.05, 0.1) is 13.0 Å². The monoisotopic (exact) mass is 290 g/mol. The second kappa shape index (κ2) is 7.22. The van der Waals surface area contributed by atoms with Gasteiger partial charge in [0.25, 0.3) is 5.91 Å². The van der Waals surface area contributed by atoms with Crippen LogP contribution in [0.4, 0.5) is 5.69 Å². The lowest BCUT2D eigenvalue weighted by Gasteiger charge is -2.31. The van der Waals surface area contributed by atoms with Crippen LogP contribution in [0.25, 0.3) is 0 Å². The Kier molecular flexibility index (Phi) is 5.33. The molecular weight excluding hydrogens is 268 g/mol. The number of hydrogen-bond donors (Lipinski definition) is 1. The van der Waals surface area contributed by atoms with E-state index in [-0.39, 0.29) is 18.2 Å². The Labute approximate surface area is 125 Å². The molecule has 0 bridgehead atoms. The Bertz CT molecular complexity index is 516. The number of aryl methyl sites for hydroxylation is 1. The van der Waals surface area contributed by atoms with Crippen molar-refractivity contribution in [2.45, 2.75) is 32.8 Å². The number of carbonyl (C=O) groups is 2. The number of ether oxygens (including phenoxy) is 1. The molecule has 2 amide bonds. The first-order valence-corrected chi connectivity index (χ1v) is 7.43. The van der Waals surface area contributed by atoms with Crippen LogP contribution < -0.4 is 5.32 Å². The summed E-state index contributed by atoms with van der Waals surface area (Å²) < 4.78 is 5.44. The van der Waals surface area contributed by atoms with Crippen LogP contribution >= 0.6 is 0 Å². The van der Waals surface area contributed by atoms with Gasteiger partial charge in [-0.2, -0.15) is 0 Å². The number of para-hydroxylation sites is 1. The topological polar surface area (TPSA) is 58.6 Å². The number of nitrogens with one attached hydrogen (secondary N) is 1. The summed E-state index contributed by atoms with van der Waals surface area (Å²) in [5.41, 5.74) is 1.89. The average molecular weight is 290 g/mol. The summed E-state index contributed by atoms with van der Waals surface area (Å²) in [5, 5.41) is 2.87. The highest BCUT2D eigenvalue weighted by atomic mass is 16.5. The number of carbonyl (C=O) groups excluding carboxylic acids is 2. The number of hydrogen-bond acceptors (Lipinski definition) is 3. The third-order valence-corrected chi connectivity index (χ3v) is 3.69. The van der Waals surface area contributed by atoms with E-state index in [0.717, 1.165) is 17.7 Å². The highest BCUT2D eigenvalue weighted by Gasteiger charge is 2.30. The fourth-order valence-electron chi connectivity index (χ4n) is 2.47. The van der Waals surface area contributed by atoms with Gasteiger partial charge >= 0.3 is 0 Å². The SMILES string of the molecule is CCc1ccccc1NC(=O)C[C@@H]1OCCN(CC)C1=O. The Hall–Kier alpha value is -1.88. The first-order chi connectivity index (χ1) is 10.2. The van der Waals surface area contributed by atoms with Gasteiger partial charge in [0, 0.05) is 18.8 Å². The van der Waals surface area contributed by atoms with Gasteiger partial charge in [0.15, 0.2) is 0 Å². The Morgan fingerprint density at radius 1 is 1.38 bits per heavy atom. The zero-order valence-corrected chi connectivity index (χ0v) is 12.6. The van der Waals surface area contributed by atoms with Crippen LogP contribution in [0, 0.1) is 0 Å². The van der Waals surface area contributed by atoms with Crippen LogP contribution in [0.5, 0.6) is 0 Å². The van der Waals surface area contributed by atoms with Crippen LogP contribution in [0.2, 0.25) is 0 Å². The van der Waals surface area contributed by atoms with Crippen LogP contribution in [-0.4, -0.2) is 42.5 Å². The maximum absolute atomic E-state index is 12.1. The van der Waals surface area contributed by atoms with E-state index in [0.29, 0.717) is 19.7 Å². The van der Waals surface area contributed by atoms with Crippen LogP contribution in [-0.2, 0) is 20.7 Å². The molecule has 1 saturated heterocycles. The lowest BCUT2D eigenvalue weighted by molar-refractivity contribution is -0.154. The van der Waals surface area contributed by atoms with E-state index in [1.807, 2.05) is 38.1 Å². The summed E-state index contributed by atoms with van der Waals surface area (Å²) in [4.78, 5) is 25.9. The van der Waals surface area contributed by atoms with E-state index in [1.54, 1.807) is 4.90 Å². The van der Waals surface area contributed by atoms with E-state index >= 15 is 0 Å². The molecule has 5 nitrogen and oxygen atoms in total. The van der Waals surface area contributed by atoms with E-state index in [1.165, 1.54) is 0 Å². The molecule has 0 aliphatic carbocycles. The molecule has 1 N–H and O–H groups in total. The van der Waals surface area contributed by atoms with Crippen molar-refractivity contribution >= 4 is 17.5 Å². The average Bonchev–Trinajstić information content (AvgIpc) is 2.50. The molecule has 1 aliphatic rings. The van der Waals surface area contributed by atoms with Crippen LogP contribution in [0.15, 0.2) is 24.3 Å². The van der Waals surface area contributed by atoms with Gasteiger partial charge in [-0.25, -0.2) is 0 Å². The summed E-state index contributed by atoms with van der Waals surface area (Å²) >= 11 is 0. The summed E-state index contributed by atoms with van der Waals surface area (Å²) in [5.74, 6) is -0.283. The molecule has 114 valence electrons. The van der Waals surface area contributed by atoms with E-state index in [2.05, 4.69) is 5.32 Å². The van der Waals surface area contributed by atoms with Crippen molar-refractivity contribution < 1.29 is 14.3 Å². The molecule has 1 aromatic carbocycles. The quantitative estimate of drug-likeness (QED) is 0.900. The van der Waals surface area contributed by atoms with E-state index in [9.17, 15) is 9.59 Å². The summed E-state index contributed by atoms with van der Waals surface area (Å²) in [7, 11) is 0. The molecule has 0 unspecified atom stereocenters. The first-order valence-electron chi connectivity index (χ1n) is 7.43. The number of rotatable bonds is 5. The summed E-state index contributed by atoms with van der Waals surface area (Å²) in [6, 6.07) is 7.69. The van der Waals surface area contributed by atoms with Crippen LogP contribution in [0.1, 0.15) is 25.8 Å². The van der Waals surface area contributed by atoms with Crippen molar-refractivity contribution in [2.24, 2.45) is 0 Å². The first kappa shape index (κ1) is 15.5. The molecule has 1 fully saturated rings. The molecule has 1 aromatic rings. The normalized spacial score (nSPS) is 18.7. The second-order valence-electron chi connectivity index (χ2n) is 5.04. The highest BCUT2D eigenvalue weighted by molar-refractivity contribution is 5.95. The lowest BCUT2D eigenvalue weighted by atomic mass is 10.1. The molecule has 5 heteroatoms. The van der Waals surface area contributed by atoms with E-state index < -0.39 is 6.10 Å². The number of nitrogens with zero attached hydrogens (tertiary/aromatic N) is 1. The zero-order chi connectivity index (χ0) is 15.2. The Balaban J connectivity index is 1.97. The third kappa shape index (κ3) is 3.82. The van der Waals surface area contributed by atoms with Gasteiger partial charge in [-0.15, -0.1) is 0 Å². The molecule has 1 heterocycles. The van der Waals surface area contributed by atoms with Crippen molar-refractivity contribution in [3.05, 3.63) is 29.8 Å². The molecule has 0 saturated carbocycles. The van der Waals surface area contributed by atoms with Crippen molar-refractivity contribution in [1.82, 2.24) is 4.90 Å². The third-order valence-electron chi connectivity index (χ3n) is 3.69. The number of morpholine rings is 1. The highest BCUT2D eigenvalue weighted by Crippen LogP contribution is 2.17. The van der Waals surface area contributed by atoms with Gasteiger partial charge in [0.2, 0.25) is 5.91 Å². The number of anilines is 1. The minimum absolute atomic E-state index is 0.0629. The standard InChI is InChI=1S/C16H22N2O3/c1-3-12-7-5-6-8-13(12)17-15(19)11-14-16(20)18(4-2)9-10-21-14/h5-8,14H,3-4,9-11H2,1-2H3,(H,17,19)/t14-/m0/s1. The summed E-state index contributed by atoms with van der Waals surface area (Å²) in [6.07, 6.45) is 0.249.